The van der Waals surface area contributed by atoms with E-state index in [0.29, 0.717) is 18.9 Å². The van der Waals surface area contributed by atoms with Crippen LogP contribution in [0.15, 0.2) is 0 Å². The summed E-state index contributed by atoms with van der Waals surface area (Å²) in [6.45, 7) is 4.03. The van der Waals surface area contributed by atoms with Gasteiger partial charge < -0.3 is 15.0 Å². The SMILES string of the molecule is COC(=O)C(C)CN(C)C(=O)CC1CNC1. The number of esters is 1. The fraction of sp³-hybridized carbons (Fsp3) is 0.818. The van der Waals surface area contributed by atoms with E-state index in [4.69, 9.17) is 0 Å². The Labute approximate surface area is 96.1 Å². The third kappa shape index (κ3) is 3.48. The van der Waals surface area contributed by atoms with Gasteiger partial charge in [0.05, 0.1) is 13.0 Å². The Morgan fingerprint density at radius 1 is 1.50 bits per heavy atom. The predicted octanol–water partition coefficient (Wildman–Crippen LogP) is -0.137. The maximum absolute atomic E-state index is 11.7. The van der Waals surface area contributed by atoms with Crippen molar-refractivity contribution in [3.63, 3.8) is 0 Å². The van der Waals surface area contributed by atoms with Gasteiger partial charge in [-0.15, -0.1) is 0 Å². The molecule has 92 valence electrons. The first kappa shape index (κ1) is 13.0. The number of rotatable bonds is 5. The summed E-state index contributed by atoms with van der Waals surface area (Å²) in [4.78, 5) is 24.5. The zero-order valence-corrected chi connectivity index (χ0v) is 10.2. The van der Waals surface area contributed by atoms with E-state index in [-0.39, 0.29) is 17.8 Å². The highest BCUT2D eigenvalue weighted by Gasteiger charge is 2.24. The summed E-state index contributed by atoms with van der Waals surface area (Å²) >= 11 is 0. The molecule has 1 atom stereocenters. The molecular weight excluding hydrogens is 208 g/mol. The van der Waals surface area contributed by atoms with Crippen molar-refractivity contribution in [1.29, 1.82) is 0 Å². The van der Waals surface area contributed by atoms with Gasteiger partial charge in [-0.1, -0.05) is 6.92 Å². The van der Waals surface area contributed by atoms with E-state index in [1.165, 1.54) is 7.11 Å². The molecule has 1 amide bonds. The van der Waals surface area contributed by atoms with E-state index in [9.17, 15) is 9.59 Å². The van der Waals surface area contributed by atoms with Gasteiger partial charge in [0.15, 0.2) is 0 Å². The molecule has 0 aromatic heterocycles. The molecule has 0 bridgehead atoms. The van der Waals surface area contributed by atoms with Crippen LogP contribution in [0.2, 0.25) is 0 Å². The van der Waals surface area contributed by atoms with Crippen molar-refractivity contribution in [3.05, 3.63) is 0 Å². The Bertz CT molecular complexity index is 264. The molecule has 1 aliphatic rings. The zero-order valence-electron chi connectivity index (χ0n) is 10.2. The van der Waals surface area contributed by atoms with Gasteiger partial charge in [-0.05, 0) is 19.0 Å². The molecule has 0 aromatic rings. The summed E-state index contributed by atoms with van der Waals surface area (Å²) in [5.41, 5.74) is 0. The lowest BCUT2D eigenvalue weighted by Crippen LogP contribution is -2.45. The van der Waals surface area contributed by atoms with Crippen molar-refractivity contribution in [1.82, 2.24) is 10.2 Å². The Morgan fingerprint density at radius 2 is 2.12 bits per heavy atom. The van der Waals surface area contributed by atoms with E-state index < -0.39 is 0 Å². The average molecular weight is 228 g/mol. The second kappa shape index (κ2) is 5.84. The quantitative estimate of drug-likeness (QED) is 0.666. The first-order chi connectivity index (χ1) is 7.54. The van der Waals surface area contributed by atoms with Gasteiger partial charge in [0.1, 0.15) is 0 Å². The molecule has 1 unspecified atom stereocenters. The van der Waals surface area contributed by atoms with Crippen LogP contribution in [0.5, 0.6) is 0 Å². The summed E-state index contributed by atoms with van der Waals surface area (Å²) in [7, 11) is 3.09. The van der Waals surface area contributed by atoms with Gasteiger partial charge in [-0.25, -0.2) is 0 Å². The van der Waals surface area contributed by atoms with Crippen LogP contribution in [0.3, 0.4) is 0 Å². The summed E-state index contributed by atoms with van der Waals surface area (Å²) in [6, 6.07) is 0. The molecule has 1 aliphatic heterocycles. The number of ether oxygens (including phenoxy) is 1. The van der Waals surface area contributed by atoms with Crippen LogP contribution in [0.25, 0.3) is 0 Å². The molecule has 5 nitrogen and oxygen atoms in total. The molecule has 16 heavy (non-hydrogen) atoms. The first-order valence-electron chi connectivity index (χ1n) is 5.57. The molecule has 0 radical (unpaired) electrons. The highest BCUT2D eigenvalue weighted by Crippen LogP contribution is 2.11. The van der Waals surface area contributed by atoms with Crippen LogP contribution in [0, 0.1) is 11.8 Å². The Balaban J connectivity index is 2.29. The van der Waals surface area contributed by atoms with Crippen LogP contribution in [-0.2, 0) is 14.3 Å². The third-order valence-electron chi connectivity index (χ3n) is 2.91. The highest BCUT2D eigenvalue weighted by molar-refractivity contribution is 5.78. The summed E-state index contributed by atoms with van der Waals surface area (Å²) in [5, 5.41) is 3.13. The van der Waals surface area contributed by atoms with Crippen LogP contribution in [0.1, 0.15) is 13.3 Å². The number of carbonyl (C=O) groups is 2. The molecule has 1 fully saturated rings. The molecule has 1 saturated heterocycles. The smallest absolute Gasteiger partial charge is 0.310 e. The van der Waals surface area contributed by atoms with Crippen molar-refractivity contribution < 1.29 is 14.3 Å². The molecule has 1 rings (SSSR count). The number of nitrogens with one attached hydrogen (secondary N) is 1. The average Bonchev–Trinajstić information content (AvgIpc) is 2.21. The Hall–Kier alpha value is -1.10. The molecule has 0 saturated carbocycles. The van der Waals surface area contributed by atoms with Crippen molar-refractivity contribution >= 4 is 11.9 Å². The minimum absolute atomic E-state index is 0.0993. The molecular formula is C11H20N2O3. The topological polar surface area (TPSA) is 58.6 Å². The van der Waals surface area contributed by atoms with Gasteiger partial charge in [-0.2, -0.15) is 0 Å². The molecule has 1 heterocycles. The van der Waals surface area contributed by atoms with Crippen molar-refractivity contribution in [2.45, 2.75) is 13.3 Å². The number of methoxy groups -OCH3 is 1. The summed E-state index contributed by atoms with van der Waals surface area (Å²) in [6.07, 6.45) is 0.567. The predicted molar refractivity (Wildman–Crippen MR) is 59.8 cm³/mol. The third-order valence-corrected chi connectivity index (χ3v) is 2.91. The summed E-state index contributed by atoms with van der Waals surface area (Å²) in [5.74, 6) is 0.0223. The standard InChI is InChI=1S/C11H20N2O3/c1-8(11(15)16-3)7-13(2)10(14)4-9-5-12-6-9/h8-9,12H,4-7H2,1-3H3. The monoisotopic (exact) mass is 228 g/mol. The Morgan fingerprint density at radius 3 is 2.56 bits per heavy atom. The highest BCUT2D eigenvalue weighted by atomic mass is 16.5. The van der Waals surface area contributed by atoms with Crippen molar-refractivity contribution in [2.24, 2.45) is 11.8 Å². The van der Waals surface area contributed by atoms with Gasteiger partial charge >= 0.3 is 5.97 Å². The largest absolute Gasteiger partial charge is 0.469 e. The normalized spacial score (nSPS) is 17.4. The summed E-state index contributed by atoms with van der Waals surface area (Å²) < 4.78 is 4.62. The zero-order chi connectivity index (χ0) is 12.1. The van der Waals surface area contributed by atoms with E-state index >= 15 is 0 Å². The number of amides is 1. The minimum atomic E-state index is -0.273. The molecule has 0 aromatic carbocycles. The van der Waals surface area contributed by atoms with Gasteiger partial charge in [0.25, 0.3) is 0 Å². The van der Waals surface area contributed by atoms with Crippen LogP contribution < -0.4 is 5.32 Å². The maximum Gasteiger partial charge on any atom is 0.310 e. The van der Waals surface area contributed by atoms with Gasteiger partial charge in [0.2, 0.25) is 5.91 Å². The van der Waals surface area contributed by atoms with E-state index in [1.54, 1.807) is 18.9 Å². The van der Waals surface area contributed by atoms with Crippen LogP contribution in [-0.4, -0.2) is 50.6 Å². The second-order valence-electron chi connectivity index (χ2n) is 4.43. The van der Waals surface area contributed by atoms with Crippen LogP contribution in [0.4, 0.5) is 0 Å². The molecule has 0 spiro atoms. The molecule has 5 heteroatoms. The number of hydrogen-bond acceptors (Lipinski definition) is 4. The second-order valence-corrected chi connectivity index (χ2v) is 4.43. The van der Waals surface area contributed by atoms with Crippen LogP contribution >= 0.6 is 0 Å². The fourth-order valence-electron chi connectivity index (χ4n) is 1.68. The molecule has 1 N–H and O–H groups in total. The lowest BCUT2D eigenvalue weighted by Gasteiger charge is -2.29. The van der Waals surface area contributed by atoms with Gasteiger partial charge in [0, 0.05) is 20.0 Å². The lowest BCUT2D eigenvalue weighted by atomic mass is 9.98. The van der Waals surface area contributed by atoms with Crippen molar-refractivity contribution in [3.8, 4) is 0 Å². The first-order valence-corrected chi connectivity index (χ1v) is 5.57. The molecule has 0 aliphatic carbocycles. The van der Waals surface area contributed by atoms with Gasteiger partial charge in [-0.3, -0.25) is 9.59 Å². The Kier molecular flexibility index (Phi) is 4.73. The lowest BCUT2D eigenvalue weighted by molar-refractivity contribution is -0.146. The maximum atomic E-state index is 11.7. The number of hydrogen-bond donors (Lipinski definition) is 1. The minimum Gasteiger partial charge on any atom is -0.469 e. The van der Waals surface area contributed by atoms with E-state index in [0.717, 1.165) is 13.1 Å². The fourth-order valence-corrected chi connectivity index (χ4v) is 1.68. The van der Waals surface area contributed by atoms with E-state index in [2.05, 4.69) is 10.1 Å². The number of nitrogens with zero attached hydrogens (tertiary/aromatic N) is 1. The number of carbonyl (C=O) groups excluding carboxylic acids is 2. The van der Waals surface area contributed by atoms with E-state index in [1.807, 2.05) is 0 Å². The van der Waals surface area contributed by atoms with Crippen molar-refractivity contribution in [2.75, 3.05) is 33.8 Å².